The summed E-state index contributed by atoms with van der Waals surface area (Å²) in [4.78, 5) is 19.5. The molecule has 9 heteroatoms. The fourth-order valence-electron chi connectivity index (χ4n) is 4.80. The number of allylic oxidation sites excluding steroid dienone is 1. The Kier molecular flexibility index (Phi) is 8.71. The van der Waals surface area contributed by atoms with Crippen LogP contribution >= 0.6 is 11.6 Å². The molecule has 0 radical (unpaired) electrons. The molecule has 4 rings (SSSR count). The summed E-state index contributed by atoms with van der Waals surface area (Å²) in [5.74, 6) is 1.93. The van der Waals surface area contributed by atoms with Crippen molar-refractivity contribution < 1.29 is 9.50 Å². The van der Waals surface area contributed by atoms with Gasteiger partial charge >= 0.3 is 0 Å². The van der Waals surface area contributed by atoms with E-state index in [1.54, 1.807) is 12.3 Å². The molecule has 0 amide bonds. The predicted molar refractivity (Wildman–Crippen MR) is 152 cm³/mol. The zero-order valence-corrected chi connectivity index (χ0v) is 23.1. The summed E-state index contributed by atoms with van der Waals surface area (Å²) >= 11 is 6.48. The normalized spacial score (nSPS) is 18.6. The molecule has 0 bridgehead atoms. The Bertz CT molecular complexity index is 1190. The molecule has 2 aliphatic rings. The number of nitrogens with zero attached hydrogens (tertiary/aromatic N) is 3. The molecule has 0 spiro atoms. The molecule has 1 unspecified atom stereocenters. The number of rotatable bonds is 9. The summed E-state index contributed by atoms with van der Waals surface area (Å²) in [6.07, 6.45) is 3.44. The van der Waals surface area contributed by atoms with Crippen molar-refractivity contribution >= 4 is 34.9 Å². The summed E-state index contributed by atoms with van der Waals surface area (Å²) in [5, 5.41) is 10.5. The van der Waals surface area contributed by atoms with Gasteiger partial charge in [0.25, 0.3) is 5.69 Å². The van der Waals surface area contributed by atoms with E-state index < -0.39 is 6.29 Å². The number of para-hydroxylation sites is 2. The van der Waals surface area contributed by atoms with Crippen LogP contribution in [-0.2, 0) is 0 Å². The highest BCUT2D eigenvalue weighted by molar-refractivity contribution is 6.40. The highest BCUT2D eigenvalue weighted by Crippen LogP contribution is 2.37. The first-order chi connectivity index (χ1) is 17.8. The Morgan fingerprint density at radius 1 is 1.22 bits per heavy atom. The number of benzene rings is 2. The van der Waals surface area contributed by atoms with E-state index in [1.165, 1.54) is 11.1 Å². The molecule has 0 aliphatic carbocycles. The van der Waals surface area contributed by atoms with Crippen LogP contribution in [0, 0.1) is 11.8 Å². The Hall–Kier alpha value is -3.10. The molecule has 0 aromatic heterocycles. The van der Waals surface area contributed by atoms with Gasteiger partial charge in [-0.3, -0.25) is 0 Å². The smallest absolute Gasteiger partial charge is 0.279 e. The first kappa shape index (κ1) is 26.9. The van der Waals surface area contributed by atoms with Crippen LogP contribution in [0.1, 0.15) is 50.7 Å². The molecular weight excluding hydrogens is 488 g/mol. The number of likely N-dealkylation sites (tertiary alicyclic amines) is 1. The van der Waals surface area contributed by atoms with Crippen molar-refractivity contribution in [2.45, 2.75) is 58.8 Å². The van der Waals surface area contributed by atoms with Gasteiger partial charge in [0.2, 0.25) is 6.04 Å². The lowest BCUT2D eigenvalue weighted by molar-refractivity contribution is -0.496. The van der Waals surface area contributed by atoms with Gasteiger partial charge in [-0.1, -0.05) is 23.7 Å². The lowest BCUT2D eigenvalue weighted by atomic mass is 9.86. The minimum atomic E-state index is -0.474. The van der Waals surface area contributed by atoms with Gasteiger partial charge in [0.1, 0.15) is 17.3 Å². The minimum Gasteiger partial charge on any atom is -0.492 e. The van der Waals surface area contributed by atoms with Gasteiger partial charge < -0.3 is 25.6 Å². The van der Waals surface area contributed by atoms with Gasteiger partial charge in [0, 0.05) is 35.8 Å². The quantitative estimate of drug-likeness (QED) is 0.353. The second-order valence-corrected chi connectivity index (χ2v) is 10.4. The Morgan fingerprint density at radius 2 is 1.95 bits per heavy atom. The number of aryl methyl sites for hydroxylation is 1. The third kappa shape index (κ3) is 6.43. The number of nitrogens with one attached hydrogen (secondary N) is 3. The molecule has 2 aliphatic heterocycles. The fourth-order valence-corrected chi connectivity index (χ4v) is 4.96. The van der Waals surface area contributed by atoms with E-state index in [4.69, 9.17) is 16.3 Å². The first-order valence-corrected chi connectivity index (χ1v) is 13.4. The first-order valence-electron chi connectivity index (χ1n) is 13.0. The van der Waals surface area contributed by atoms with E-state index in [-0.39, 0.29) is 6.04 Å². The maximum absolute atomic E-state index is 12.6. The highest BCUT2D eigenvalue weighted by atomic mass is 35.5. The van der Waals surface area contributed by atoms with Gasteiger partial charge in [-0.15, -0.1) is 0 Å². The van der Waals surface area contributed by atoms with Crippen molar-refractivity contribution in [2.75, 3.05) is 37.4 Å². The van der Waals surface area contributed by atoms with Gasteiger partial charge in [-0.25, -0.2) is 4.99 Å². The second kappa shape index (κ2) is 12.0. The zero-order valence-electron chi connectivity index (χ0n) is 22.3. The second-order valence-electron chi connectivity index (χ2n) is 9.97. The van der Waals surface area contributed by atoms with Crippen LogP contribution in [0.2, 0.25) is 0 Å². The van der Waals surface area contributed by atoms with Crippen LogP contribution in [0.3, 0.4) is 0 Å². The molecule has 0 saturated carbocycles. The molecule has 2 aromatic rings. The van der Waals surface area contributed by atoms with E-state index in [2.05, 4.69) is 51.9 Å². The van der Waals surface area contributed by atoms with E-state index >= 15 is 0 Å². The summed E-state index contributed by atoms with van der Waals surface area (Å²) < 4.78 is 7.03. The van der Waals surface area contributed by atoms with Crippen molar-refractivity contribution in [3.8, 4) is 5.75 Å². The molecule has 8 nitrogen and oxygen atoms in total. The largest absolute Gasteiger partial charge is 0.492 e. The van der Waals surface area contributed by atoms with Crippen LogP contribution in [0.15, 0.2) is 52.2 Å². The number of hydrogen-bond acceptors (Lipinski definition) is 7. The standard InChI is InChI=1S/C28H38ClN6O2/c1-6-37-26-16-21(20-11-13-34(5)14-12-20)19(4)15-24(26)32-28-30-17-22(29)27(33-28)31-23-9-7-8-10-25(23)35(36)18(2)3/h7-10,15-18,20,28,31-33H,6,11-14H2,1-5H3/q+1. The zero-order chi connectivity index (χ0) is 26.5. The van der Waals surface area contributed by atoms with Gasteiger partial charge in [-0.2, -0.15) is 0 Å². The third-order valence-electron chi connectivity index (χ3n) is 6.85. The average Bonchev–Trinajstić information content (AvgIpc) is 2.88. The number of nitroso groups, excluding NO2 is 1. The molecule has 2 heterocycles. The molecule has 2 aromatic carbocycles. The lowest BCUT2D eigenvalue weighted by Crippen LogP contribution is -2.39. The maximum Gasteiger partial charge on any atom is 0.279 e. The minimum absolute atomic E-state index is 0.194. The molecular formula is C28H38ClN6O2+. The van der Waals surface area contributed by atoms with Crippen molar-refractivity contribution in [2.24, 2.45) is 4.99 Å². The van der Waals surface area contributed by atoms with Gasteiger partial charge in [0.15, 0.2) is 6.29 Å². The van der Waals surface area contributed by atoms with E-state index in [0.717, 1.165) is 42.1 Å². The van der Waals surface area contributed by atoms with Crippen LogP contribution < -0.4 is 20.7 Å². The van der Waals surface area contributed by atoms with E-state index in [9.17, 15) is 4.91 Å². The third-order valence-corrected chi connectivity index (χ3v) is 7.13. The summed E-state index contributed by atoms with van der Waals surface area (Å²) in [5.41, 5.74) is 4.67. The van der Waals surface area contributed by atoms with Crippen LogP contribution in [0.25, 0.3) is 0 Å². The van der Waals surface area contributed by atoms with E-state index in [0.29, 0.717) is 34.8 Å². The van der Waals surface area contributed by atoms with E-state index in [1.807, 2.05) is 39.0 Å². The van der Waals surface area contributed by atoms with Crippen molar-refractivity contribution in [1.82, 2.24) is 10.2 Å². The number of anilines is 2. The van der Waals surface area contributed by atoms with Gasteiger partial charge in [-0.05, 0) is 82.1 Å². The Morgan fingerprint density at radius 3 is 2.65 bits per heavy atom. The summed E-state index contributed by atoms with van der Waals surface area (Å²) in [6.45, 7) is 10.7. The van der Waals surface area contributed by atoms with Crippen molar-refractivity contribution in [3.05, 3.63) is 63.3 Å². The molecule has 1 saturated heterocycles. The number of hydrogen-bond donors (Lipinski definition) is 3. The van der Waals surface area contributed by atoms with Crippen molar-refractivity contribution in [1.29, 1.82) is 0 Å². The average molecular weight is 526 g/mol. The maximum atomic E-state index is 12.6. The number of piperidine rings is 1. The molecule has 198 valence electrons. The van der Waals surface area contributed by atoms with Crippen molar-refractivity contribution in [3.63, 3.8) is 0 Å². The number of aliphatic imine (C=N–C) groups is 1. The number of ether oxygens (including phenoxy) is 1. The van der Waals surface area contributed by atoms with Crippen LogP contribution in [0.4, 0.5) is 17.1 Å². The van der Waals surface area contributed by atoms with Crippen LogP contribution in [-0.4, -0.2) is 55.0 Å². The number of halogens is 1. The summed E-state index contributed by atoms with van der Waals surface area (Å²) in [7, 11) is 2.18. The summed E-state index contributed by atoms with van der Waals surface area (Å²) in [6, 6.07) is 11.5. The highest BCUT2D eigenvalue weighted by Gasteiger charge is 2.26. The Labute approximate surface area is 224 Å². The monoisotopic (exact) mass is 525 g/mol. The fraction of sp³-hybridized carbons (Fsp3) is 0.464. The molecule has 1 fully saturated rings. The molecule has 37 heavy (non-hydrogen) atoms. The predicted octanol–water partition coefficient (Wildman–Crippen LogP) is 5.91. The Balaban J connectivity index is 1.52. The SMILES string of the molecule is CCOc1cc(C2CCN(C)CC2)c(C)cc1NC1N=CC(Cl)=C(Nc2ccccc2[N+](=O)C(C)C)N1. The topological polar surface area (TPSA) is 81.0 Å². The lowest BCUT2D eigenvalue weighted by Gasteiger charge is -2.31. The molecule has 3 N–H and O–H groups in total. The molecule has 1 atom stereocenters. The van der Waals surface area contributed by atoms with Gasteiger partial charge in [0.05, 0.1) is 17.3 Å². The van der Waals surface area contributed by atoms with Crippen LogP contribution in [0.5, 0.6) is 5.75 Å².